The predicted octanol–water partition coefficient (Wildman–Crippen LogP) is 4.05. The molecule has 0 spiro atoms. The Balaban J connectivity index is 1.92. The lowest BCUT2D eigenvalue weighted by atomic mass is 10.2. The van der Waals surface area contributed by atoms with E-state index in [1.165, 1.54) is 24.4 Å². The van der Waals surface area contributed by atoms with E-state index >= 15 is 0 Å². The van der Waals surface area contributed by atoms with Gasteiger partial charge in [-0.25, -0.2) is 9.82 Å². The highest BCUT2D eigenvalue weighted by Gasteiger charge is 2.15. The number of amides is 1. The average Bonchev–Trinajstić information content (AvgIpc) is 2.50. The van der Waals surface area contributed by atoms with Gasteiger partial charge in [0.1, 0.15) is 11.6 Å². The van der Waals surface area contributed by atoms with Crippen LogP contribution >= 0.6 is 23.2 Å². The predicted molar refractivity (Wildman–Crippen MR) is 88.7 cm³/mol. The lowest BCUT2D eigenvalue weighted by molar-refractivity contribution is -0.127. The maximum Gasteiger partial charge on any atom is 0.280 e. The van der Waals surface area contributed by atoms with Gasteiger partial charge in [0.2, 0.25) is 0 Å². The first-order valence-electron chi connectivity index (χ1n) is 6.66. The zero-order valence-electron chi connectivity index (χ0n) is 12.1. The molecule has 7 heteroatoms. The number of benzene rings is 2. The lowest BCUT2D eigenvalue weighted by Crippen LogP contribution is -2.33. The Labute approximate surface area is 142 Å². The molecule has 120 valence electrons. The maximum absolute atomic E-state index is 13.0. The third-order valence-electron chi connectivity index (χ3n) is 2.80. The van der Waals surface area contributed by atoms with E-state index in [0.29, 0.717) is 21.4 Å². The van der Waals surface area contributed by atoms with Crippen molar-refractivity contribution in [2.45, 2.75) is 13.0 Å². The van der Waals surface area contributed by atoms with Gasteiger partial charge < -0.3 is 4.74 Å². The zero-order chi connectivity index (χ0) is 16.8. The molecule has 0 radical (unpaired) electrons. The number of nitrogens with zero attached hydrogens (tertiary/aromatic N) is 1. The first-order valence-corrected chi connectivity index (χ1v) is 7.41. The highest BCUT2D eigenvalue weighted by molar-refractivity contribution is 6.35. The van der Waals surface area contributed by atoms with Crippen LogP contribution in [-0.4, -0.2) is 18.2 Å². The average molecular weight is 355 g/mol. The first kappa shape index (κ1) is 17.2. The molecular weight excluding hydrogens is 342 g/mol. The summed E-state index contributed by atoms with van der Waals surface area (Å²) in [6.07, 6.45) is 0.515. The molecule has 0 aromatic heterocycles. The molecule has 2 aromatic rings. The van der Waals surface area contributed by atoms with Gasteiger partial charge in [-0.15, -0.1) is 0 Å². The van der Waals surface area contributed by atoms with E-state index in [0.717, 1.165) is 0 Å². The molecular formula is C16H13Cl2FN2O2. The normalized spacial score (nSPS) is 12.2. The number of nitrogens with one attached hydrogen (secondary N) is 1. The highest BCUT2D eigenvalue weighted by Crippen LogP contribution is 2.28. The fourth-order valence-corrected chi connectivity index (χ4v) is 2.12. The second-order valence-electron chi connectivity index (χ2n) is 4.62. The van der Waals surface area contributed by atoms with Crippen LogP contribution in [-0.2, 0) is 4.79 Å². The van der Waals surface area contributed by atoms with Crippen LogP contribution in [0.2, 0.25) is 10.0 Å². The van der Waals surface area contributed by atoms with E-state index < -0.39 is 12.0 Å². The fraction of sp³-hybridized carbons (Fsp3) is 0.125. The summed E-state index contributed by atoms with van der Waals surface area (Å²) >= 11 is 11.8. The van der Waals surface area contributed by atoms with Crippen molar-refractivity contribution in [3.05, 3.63) is 63.9 Å². The molecule has 1 atom stereocenters. The lowest BCUT2D eigenvalue weighted by Gasteiger charge is -2.14. The Hall–Kier alpha value is -2.11. The van der Waals surface area contributed by atoms with Crippen molar-refractivity contribution in [3.63, 3.8) is 0 Å². The molecule has 4 nitrogen and oxygen atoms in total. The Bertz CT molecular complexity index is 738. The van der Waals surface area contributed by atoms with Crippen molar-refractivity contribution in [3.8, 4) is 5.75 Å². The van der Waals surface area contributed by atoms with E-state index in [-0.39, 0.29) is 5.82 Å². The van der Waals surface area contributed by atoms with Crippen LogP contribution in [0.1, 0.15) is 12.5 Å². The van der Waals surface area contributed by atoms with E-state index in [1.54, 1.807) is 31.2 Å². The minimum atomic E-state index is -0.821. The van der Waals surface area contributed by atoms with Crippen LogP contribution in [0.3, 0.4) is 0 Å². The van der Waals surface area contributed by atoms with Gasteiger partial charge in [-0.2, -0.15) is 5.10 Å². The molecule has 0 aliphatic heterocycles. The van der Waals surface area contributed by atoms with Crippen LogP contribution in [0, 0.1) is 5.82 Å². The number of ether oxygens (including phenoxy) is 1. The summed E-state index contributed by atoms with van der Waals surface area (Å²) in [5.74, 6) is -0.508. The van der Waals surface area contributed by atoms with Crippen LogP contribution in [0.5, 0.6) is 5.75 Å². The van der Waals surface area contributed by atoms with Crippen molar-refractivity contribution in [1.29, 1.82) is 0 Å². The van der Waals surface area contributed by atoms with Crippen molar-refractivity contribution in [1.82, 2.24) is 5.43 Å². The first-order chi connectivity index (χ1) is 11.0. The van der Waals surface area contributed by atoms with Gasteiger partial charge in [0.25, 0.3) is 5.91 Å². The zero-order valence-corrected chi connectivity index (χ0v) is 13.6. The van der Waals surface area contributed by atoms with Crippen LogP contribution in [0.4, 0.5) is 4.39 Å². The van der Waals surface area contributed by atoms with E-state index in [9.17, 15) is 9.18 Å². The molecule has 0 saturated heterocycles. The Morgan fingerprint density at radius 3 is 2.78 bits per heavy atom. The van der Waals surface area contributed by atoms with Crippen LogP contribution in [0.25, 0.3) is 0 Å². The molecule has 0 bridgehead atoms. The quantitative estimate of drug-likeness (QED) is 0.650. The summed E-state index contributed by atoms with van der Waals surface area (Å²) in [6.45, 7) is 1.55. The van der Waals surface area contributed by atoms with Gasteiger partial charge in [0.05, 0.1) is 11.2 Å². The van der Waals surface area contributed by atoms with Crippen molar-refractivity contribution in [2.75, 3.05) is 0 Å². The molecule has 0 aliphatic carbocycles. The topological polar surface area (TPSA) is 50.7 Å². The second-order valence-corrected chi connectivity index (χ2v) is 5.47. The van der Waals surface area contributed by atoms with Crippen LogP contribution < -0.4 is 10.2 Å². The van der Waals surface area contributed by atoms with Crippen molar-refractivity contribution >= 4 is 35.3 Å². The van der Waals surface area contributed by atoms with Crippen LogP contribution in [0.15, 0.2) is 47.6 Å². The SMILES string of the molecule is CC(Oc1ccc(Cl)cc1Cl)C(=O)NN=Cc1cccc(F)c1. The van der Waals surface area contributed by atoms with E-state index in [4.69, 9.17) is 27.9 Å². The minimum Gasteiger partial charge on any atom is -0.479 e. The summed E-state index contributed by atoms with van der Waals surface area (Å²) in [5, 5.41) is 4.53. The molecule has 0 fully saturated rings. The van der Waals surface area contributed by atoms with Gasteiger partial charge >= 0.3 is 0 Å². The number of hydrogen-bond acceptors (Lipinski definition) is 3. The van der Waals surface area contributed by atoms with E-state index in [2.05, 4.69) is 10.5 Å². The monoisotopic (exact) mass is 354 g/mol. The van der Waals surface area contributed by atoms with Gasteiger partial charge in [-0.3, -0.25) is 4.79 Å². The summed E-state index contributed by atoms with van der Waals surface area (Å²) in [6, 6.07) is 10.5. The smallest absolute Gasteiger partial charge is 0.280 e. The summed E-state index contributed by atoms with van der Waals surface area (Å²) in [5.41, 5.74) is 2.84. The molecule has 23 heavy (non-hydrogen) atoms. The van der Waals surface area contributed by atoms with Gasteiger partial charge in [-0.1, -0.05) is 35.3 Å². The molecule has 0 heterocycles. The molecule has 2 aromatic carbocycles. The third-order valence-corrected chi connectivity index (χ3v) is 3.33. The summed E-state index contributed by atoms with van der Waals surface area (Å²) in [4.78, 5) is 11.9. The maximum atomic E-state index is 13.0. The Kier molecular flexibility index (Phi) is 5.96. The molecule has 1 unspecified atom stereocenters. The summed E-state index contributed by atoms with van der Waals surface area (Å²) in [7, 11) is 0. The number of carbonyl (C=O) groups is 1. The third kappa shape index (κ3) is 5.23. The molecule has 0 saturated carbocycles. The van der Waals surface area contributed by atoms with Gasteiger partial charge in [0.15, 0.2) is 6.10 Å². The van der Waals surface area contributed by atoms with Gasteiger partial charge in [0, 0.05) is 5.02 Å². The Morgan fingerprint density at radius 1 is 1.30 bits per heavy atom. The standard InChI is InChI=1S/C16H13Cl2FN2O2/c1-10(23-15-6-5-12(17)8-14(15)18)16(22)21-20-9-11-3-2-4-13(19)7-11/h2-10H,1H3,(H,21,22). The molecule has 1 N–H and O–H groups in total. The molecule has 0 aliphatic rings. The number of carbonyl (C=O) groups excluding carboxylic acids is 1. The fourth-order valence-electron chi connectivity index (χ4n) is 1.66. The number of rotatable bonds is 5. The second kappa shape index (κ2) is 7.94. The highest BCUT2D eigenvalue weighted by atomic mass is 35.5. The number of hydrazone groups is 1. The summed E-state index contributed by atoms with van der Waals surface area (Å²) < 4.78 is 18.4. The van der Waals surface area contributed by atoms with Crippen molar-refractivity contribution in [2.24, 2.45) is 5.10 Å². The number of hydrogen-bond donors (Lipinski definition) is 1. The molecule has 2 rings (SSSR count). The minimum absolute atomic E-state index is 0.306. The number of halogens is 3. The van der Waals surface area contributed by atoms with Gasteiger partial charge in [-0.05, 0) is 42.8 Å². The van der Waals surface area contributed by atoms with E-state index in [1.807, 2.05) is 0 Å². The Morgan fingerprint density at radius 2 is 2.09 bits per heavy atom. The van der Waals surface area contributed by atoms with Crippen molar-refractivity contribution < 1.29 is 13.9 Å². The molecule has 1 amide bonds. The largest absolute Gasteiger partial charge is 0.479 e.